The van der Waals surface area contributed by atoms with Crippen molar-refractivity contribution in [1.82, 2.24) is 9.97 Å². The topological polar surface area (TPSA) is 25.8 Å². The van der Waals surface area contributed by atoms with Gasteiger partial charge in [-0.05, 0) is 90.0 Å². The van der Waals surface area contributed by atoms with E-state index in [2.05, 4.69) is 218 Å². The molecule has 61 heavy (non-hydrogen) atoms. The van der Waals surface area contributed by atoms with E-state index in [9.17, 15) is 0 Å². The van der Waals surface area contributed by atoms with Crippen LogP contribution in [0.3, 0.4) is 0 Å². The van der Waals surface area contributed by atoms with Crippen molar-refractivity contribution in [3.05, 3.63) is 218 Å². The molecule has 284 valence electrons. The summed E-state index contributed by atoms with van der Waals surface area (Å²) in [5, 5.41) is 10.1. The average Bonchev–Trinajstić information content (AvgIpc) is 3.72. The molecule has 0 spiro atoms. The summed E-state index contributed by atoms with van der Waals surface area (Å²) in [6.07, 6.45) is 0. The maximum Gasteiger partial charge on any atom is 0.160 e. The largest absolute Gasteiger partial charge is 0.228 e. The Kier molecular flexibility index (Phi) is 8.39. The molecule has 2 aromatic heterocycles. The van der Waals surface area contributed by atoms with Crippen LogP contribution in [-0.4, -0.2) is 9.97 Å². The van der Waals surface area contributed by atoms with Crippen molar-refractivity contribution in [2.24, 2.45) is 0 Å². The number of rotatable bonds is 6. The van der Waals surface area contributed by atoms with E-state index < -0.39 is 0 Å². The molecule has 0 aliphatic rings. The van der Waals surface area contributed by atoms with Gasteiger partial charge in [-0.1, -0.05) is 194 Å². The molecule has 0 saturated carbocycles. The summed E-state index contributed by atoms with van der Waals surface area (Å²) in [4.78, 5) is 10.7. The van der Waals surface area contributed by atoms with Crippen LogP contribution in [0.4, 0.5) is 0 Å². The highest BCUT2D eigenvalue weighted by atomic mass is 32.1. The lowest BCUT2D eigenvalue weighted by Gasteiger charge is -2.15. The van der Waals surface area contributed by atoms with Gasteiger partial charge in [-0.25, -0.2) is 9.97 Å². The van der Waals surface area contributed by atoms with Gasteiger partial charge in [0.05, 0.1) is 11.4 Å². The molecule has 0 amide bonds. The van der Waals surface area contributed by atoms with E-state index in [1.165, 1.54) is 69.2 Å². The first-order chi connectivity index (χ1) is 30.2. The molecule has 3 heteroatoms. The normalized spacial score (nSPS) is 11.6. The van der Waals surface area contributed by atoms with Crippen molar-refractivity contribution >= 4 is 63.8 Å². The molecule has 2 heterocycles. The van der Waals surface area contributed by atoms with Crippen molar-refractivity contribution in [3.8, 4) is 67.3 Å². The molecule has 12 rings (SSSR count). The zero-order valence-electron chi connectivity index (χ0n) is 33.1. The Labute approximate surface area is 357 Å². The Morgan fingerprint density at radius 2 is 0.918 bits per heavy atom. The fourth-order valence-corrected chi connectivity index (χ4v) is 10.4. The van der Waals surface area contributed by atoms with Crippen LogP contribution >= 0.6 is 11.3 Å². The second-order valence-corrected chi connectivity index (χ2v) is 16.7. The van der Waals surface area contributed by atoms with E-state index in [0.717, 1.165) is 44.8 Å². The molecule has 10 aromatic carbocycles. The highest BCUT2D eigenvalue weighted by Gasteiger charge is 2.17. The molecule has 2 nitrogen and oxygen atoms in total. The Morgan fingerprint density at radius 3 is 1.79 bits per heavy atom. The lowest BCUT2D eigenvalue weighted by atomic mass is 9.89. The second kappa shape index (κ2) is 14.5. The van der Waals surface area contributed by atoms with Gasteiger partial charge >= 0.3 is 0 Å². The molecule has 0 aliphatic carbocycles. The lowest BCUT2D eigenvalue weighted by molar-refractivity contribution is 1.18. The Morgan fingerprint density at radius 1 is 0.295 bits per heavy atom. The Bertz CT molecular complexity index is 3640. The van der Waals surface area contributed by atoms with E-state index in [0.29, 0.717) is 5.82 Å². The Hall–Kier alpha value is -7.72. The quantitative estimate of drug-likeness (QED) is 0.124. The summed E-state index contributed by atoms with van der Waals surface area (Å²) in [7, 11) is 0. The van der Waals surface area contributed by atoms with Gasteiger partial charge in [-0.3, -0.25) is 0 Å². The van der Waals surface area contributed by atoms with E-state index in [-0.39, 0.29) is 0 Å². The van der Waals surface area contributed by atoms with Crippen molar-refractivity contribution in [3.63, 3.8) is 0 Å². The fraction of sp³-hybridized carbons (Fsp3) is 0. The van der Waals surface area contributed by atoms with Crippen LogP contribution in [0.15, 0.2) is 218 Å². The van der Waals surface area contributed by atoms with Crippen molar-refractivity contribution in [2.75, 3.05) is 0 Å². The van der Waals surface area contributed by atoms with Gasteiger partial charge in [0.1, 0.15) is 0 Å². The smallest absolute Gasteiger partial charge is 0.160 e. The first-order valence-corrected chi connectivity index (χ1v) is 21.5. The zero-order valence-corrected chi connectivity index (χ0v) is 33.9. The SMILES string of the molecule is c1ccc(-c2ccccc2-c2cc(-c3cccc(-c4cccc5c4sc4ccccc45)c3)nc(-c3ccc(-c4c5ccccc5cc5c4ccc4ccccc45)cc3)n2)cc1. The first kappa shape index (κ1) is 35.2. The van der Waals surface area contributed by atoms with E-state index in [4.69, 9.17) is 9.97 Å². The number of hydrogen-bond donors (Lipinski definition) is 0. The number of nitrogens with zero attached hydrogens (tertiary/aromatic N) is 2. The molecule has 0 N–H and O–H groups in total. The van der Waals surface area contributed by atoms with Gasteiger partial charge in [-0.2, -0.15) is 0 Å². The maximum absolute atomic E-state index is 5.36. The van der Waals surface area contributed by atoms with Gasteiger partial charge in [0.25, 0.3) is 0 Å². The minimum atomic E-state index is 0.688. The molecule has 0 saturated heterocycles. The second-order valence-electron chi connectivity index (χ2n) is 15.7. The van der Waals surface area contributed by atoms with Crippen molar-refractivity contribution < 1.29 is 0 Å². The number of aromatic nitrogens is 2. The van der Waals surface area contributed by atoms with Crippen LogP contribution in [-0.2, 0) is 0 Å². The van der Waals surface area contributed by atoms with E-state index in [1.54, 1.807) is 0 Å². The van der Waals surface area contributed by atoms with E-state index in [1.807, 2.05) is 11.3 Å². The predicted octanol–water partition coefficient (Wildman–Crippen LogP) is 16.3. The third-order valence-electron chi connectivity index (χ3n) is 12.1. The molecule has 0 atom stereocenters. The molecule has 0 unspecified atom stereocenters. The summed E-state index contributed by atoms with van der Waals surface area (Å²) >= 11 is 1.86. The van der Waals surface area contributed by atoms with E-state index >= 15 is 0 Å². The van der Waals surface area contributed by atoms with Crippen molar-refractivity contribution in [1.29, 1.82) is 0 Å². The van der Waals surface area contributed by atoms with Gasteiger partial charge in [0.2, 0.25) is 0 Å². The van der Waals surface area contributed by atoms with Gasteiger partial charge in [-0.15, -0.1) is 11.3 Å². The fourth-order valence-electron chi connectivity index (χ4n) is 9.18. The number of hydrogen-bond acceptors (Lipinski definition) is 3. The van der Waals surface area contributed by atoms with Crippen molar-refractivity contribution in [2.45, 2.75) is 0 Å². The van der Waals surface area contributed by atoms with Crippen LogP contribution in [0.25, 0.3) is 120 Å². The van der Waals surface area contributed by atoms with Crippen LogP contribution < -0.4 is 0 Å². The van der Waals surface area contributed by atoms with Crippen LogP contribution in [0, 0.1) is 0 Å². The summed E-state index contributed by atoms with van der Waals surface area (Å²) in [5.41, 5.74) is 11.9. The average molecular weight is 793 g/mol. The standard InChI is InChI=1S/C58H36N2S/c1-2-14-37(15-3-1)44-20-8-9-23-48(44)54-36-53(43-19-12-18-41(34-43)47-25-13-26-51-49-24-10-11-27-55(49)61-57(47)51)59-58(60-54)40-30-28-39(29-31-40)56-46-22-7-5-17-42(46)35-52-45-21-6-4-16-38(45)32-33-50(52)56/h1-36H. The monoisotopic (exact) mass is 792 g/mol. The summed E-state index contributed by atoms with van der Waals surface area (Å²) < 4.78 is 2.60. The third kappa shape index (κ3) is 6.09. The first-order valence-electron chi connectivity index (χ1n) is 20.7. The van der Waals surface area contributed by atoms with Gasteiger partial charge in [0.15, 0.2) is 5.82 Å². The summed E-state index contributed by atoms with van der Waals surface area (Å²) in [6.45, 7) is 0. The zero-order chi connectivity index (χ0) is 40.3. The lowest BCUT2D eigenvalue weighted by Crippen LogP contribution is -1.97. The van der Waals surface area contributed by atoms with Gasteiger partial charge in [0, 0.05) is 36.9 Å². The summed E-state index contributed by atoms with van der Waals surface area (Å²) in [5.74, 6) is 0.688. The highest BCUT2D eigenvalue weighted by molar-refractivity contribution is 7.26. The molecule has 0 aliphatic heterocycles. The van der Waals surface area contributed by atoms with Crippen LogP contribution in [0.1, 0.15) is 0 Å². The number of thiophene rings is 1. The number of benzene rings is 10. The molecule has 0 fully saturated rings. The molecular formula is C58H36N2S. The number of fused-ring (bicyclic) bond motifs is 7. The summed E-state index contributed by atoms with van der Waals surface area (Å²) in [6, 6.07) is 78.6. The Balaban J connectivity index is 1.02. The molecule has 0 bridgehead atoms. The maximum atomic E-state index is 5.36. The third-order valence-corrected chi connectivity index (χ3v) is 13.3. The minimum absolute atomic E-state index is 0.688. The molecular weight excluding hydrogens is 757 g/mol. The molecule has 12 aromatic rings. The van der Waals surface area contributed by atoms with Gasteiger partial charge < -0.3 is 0 Å². The van der Waals surface area contributed by atoms with Crippen LogP contribution in [0.5, 0.6) is 0 Å². The van der Waals surface area contributed by atoms with Crippen LogP contribution in [0.2, 0.25) is 0 Å². The minimum Gasteiger partial charge on any atom is -0.228 e. The predicted molar refractivity (Wildman–Crippen MR) is 260 cm³/mol. The highest BCUT2D eigenvalue weighted by Crippen LogP contribution is 2.43. The molecule has 0 radical (unpaired) electrons.